The number of halogens is 1. The van der Waals surface area contributed by atoms with Gasteiger partial charge in [0.15, 0.2) is 0 Å². The lowest BCUT2D eigenvalue weighted by molar-refractivity contribution is -0.137. The third-order valence-electron chi connectivity index (χ3n) is 2.66. The number of carboxylic acid groups (broad SMARTS) is 1. The number of sulfonamides is 1. The smallest absolute Gasteiger partial charge is 0.318 e. The highest BCUT2D eigenvalue weighted by molar-refractivity contribution is 9.10. The van der Waals surface area contributed by atoms with E-state index in [0.717, 1.165) is 4.31 Å². The van der Waals surface area contributed by atoms with Gasteiger partial charge in [0.2, 0.25) is 10.0 Å². The molecule has 0 saturated carbocycles. The van der Waals surface area contributed by atoms with Crippen molar-refractivity contribution in [1.82, 2.24) is 4.31 Å². The summed E-state index contributed by atoms with van der Waals surface area (Å²) in [5.74, 6) is -1.00. The minimum Gasteiger partial charge on any atom is -0.492 e. The van der Waals surface area contributed by atoms with E-state index in [2.05, 4.69) is 15.9 Å². The molecule has 1 aromatic carbocycles. The van der Waals surface area contributed by atoms with E-state index in [1.54, 1.807) is 32.9 Å². The summed E-state index contributed by atoms with van der Waals surface area (Å²) in [7, 11) is -3.97. The molecule has 0 atom stereocenters. The summed E-state index contributed by atoms with van der Waals surface area (Å²) in [5.41, 5.74) is 0. The molecular formula is C13H18BrNO5S. The van der Waals surface area contributed by atoms with Crippen LogP contribution in [-0.4, -0.2) is 43.0 Å². The summed E-state index contributed by atoms with van der Waals surface area (Å²) in [4.78, 5) is 10.9. The number of aliphatic carboxylic acids is 1. The fourth-order valence-electron chi connectivity index (χ4n) is 1.76. The third-order valence-corrected chi connectivity index (χ3v) is 5.20. The fraction of sp³-hybridized carbons (Fsp3) is 0.462. The van der Waals surface area contributed by atoms with Crippen molar-refractivity contribution in [1.29, 1.82) is 0 Å². The summed E-state index contributed by atoms with van der Waals surface area (Å²) in [6.45, 7) is 4.70. The molecule has 6 nitrogen and oxygen atoms in total. The van der Waals surface area contributed by atoms with Gasteiger partial charge in [-0.1, -0.05) is 15.9 Å². The van der Waals surface area contributed by atoms with Gasteiger partial charge >= 0.3 is 5.97 Å². The lowest BCUT2D eigenvalue weighted by Gasteiger charge is -2.25. The summed E-state index contributed by atoms with van der Waals surface area (Å²) in [6.07, 6.45) is 0. The lowest BCUT2D eigenvalue weighted by Crippen LogP contribution is -2.40. The van der Waals surface area contributed by atoms with E-state index in [9.17, 15) is 13.2 Å². The summed E-state index contributed by atoms with van der Waals surface area (Å²) >= 11 is 3.22. The Kier molecular flexibility index (Phi) is 6.18. The standard InChI is InChI=1S/C13H18BrNO5S/c1-4-20-11-6-5-10(14)7-12(11)21(18,19)15(9(2)3)8-13(16)17/h5-7,9H,4,8H2,1-3H3,(H,16,17). The Hall–Kier alpha value is -1.12. The van der Waals surface area contributed by atoms with Gasteiger partial charge in [-0.15, -0.1) is 0 Å². The van der Waals surface area contributed by atoms with Crippen LogP contribution in [0.4, 0.5) is 0 Å². The zero-order chi connectivity index (χ0) is 16.2. The van der Waals surface area contributed by atoms with Gasteiger partial charge in [-0.2, -0.15) is 4.31 Å². The summed E-state index contributed by atoms with van der Waals surface area (Å²) in [6, 6.07) is 4.14. The first kappa shape index (κ1) is 17.9. The molecule has 0 aromatic heterocycles. The van der Waals surface area contributed by atoms with E-state index in [0.29, 0.717) is 11.1 Å². The van der Waals surface area contributed by atoms with Crippen LogP contribution < -0.4 is 4.74 Å². The topological polar surface area (TPSA) is 83.9 Å². The fourth-order valence-corrected chi connectivity index (χ4v) is 4.02. The molecule has 8 heteroatoms. The minimum absolute atomic E-state index is 0.0475. The maximum Gasteiger partial charge on any atom is 0.318 e. The average Bonchev–Trinajstić information content (AvgIpc) is 2.37. The van der Waals surface area contributed by atoms with Gasteiger partial charge < -0.3 is 9.84 Å². The highest BCUT2D eigenvalue weighted by atomic mass is 79.9. The van der Waals surface area contributed by atoms with E-state index in [1.165, 1.54) is 6.07 Å². The number of nitrogens with zero attached hydrogens (tertiary/aromatic N) is 1. The molecule has 1 aromatic rings. The second kappa shape index (κ2) is 7.24. The van der Waals surface area contributed by atoms with E-state index in [4.69, 9.17) is 9.84 Å². The average molecular weight is 380 g/mol. The highest BCUT2D eigenvalue weighted by Crippen LogP contribution is 2.30. The van der Waals surface area contributed by atoms with E-state index < -0.39 is 28.6 Å². The van der Waals surface area contributed by atoms with Gasteiger partial charge in [-0.25, -0.2) is 8.42 Å². The van der Waals surface area contributed by atoms with Crippen molar-refractivity contribution in [2.24, 2.45) is 0 Å². The van der Waals surface area contributed by atoms with Gasteiger partial charge in [-0.3, -0.25) is 4.79 Å². The van der Waals surface area contributed by atoms with Gasteiger partial charge in [0.25, 0.3) is 0 Å². The quantitative estimate of drug-likeness (QED) is 0.785. The predicted molar refractivity (Wildman–Crippen MR) is 82.0 cm³/mol. The molecule has 0 unspecified atom stereocenters. The van der Waals surface area contributed by atoms with Crippen molar-refractivity contribution in [2.45, 2.75) is 31.7 Å². The van der Waals surface area contributed by atoms with Gasteiger partial charge in [0.1, 0.15) is 17.2 Å². The Balaban J connectivity index is 3.39. The number of carboxylic acids is 1. The van der Waals surface area contributed by atoms with Crippen LogP contribution in [0, 0.1) is 0 Å². The van der Waals surface area contributed by atoms with Crippen molar-refractivity contribution in [3.63, 3.8) is 0 Å². The Morgan fingerprint density at radius 1 is 1.43 bits per heavy atom. The van der Waals surface area contributed by atoms with Gasteiger partial charge in [0, 0.05) is 10.5 Å². The van der Waals surface area contributed by atoms with E-state index in [-0.39, 0.29) is 10.6 Å². The van der Waals surface area contributed by atoms with E-state index >= 15 is 0 Å². The molecule has 0 aliphatic carbocycles. The van der Waals surface area contributed by atoms with Crippen LogP contribution in [0.3, 0.4) is 0 Å². The van der Waals surface area contributed by atoms with Crippen molar-refractivity contribution in [3.8, 4) is 5.75 Å². The first-order chi connectivity index (χ1) is 9.70. The van der Waals surface area contributed by atoms with Crippen LogP contribution in [0.15, 0.2) is 27.6 Å². The molecule has 0 amide bonds. The van der Waals surface area contributed by atoms with Crippen molar-refractivity contribution in [2.75, 3.05) is 13.2 Å². The van der Waals surface area contributed by atoms with Crippen LogP contribution in [0.2, 0.25) is 0 Å². The molecule has 1 rings (SSSR count). The molecule has 21 heavy (non-hydrogen) atoms. The number of ether oxygens (including phenoxy) is 1. The maximum atomic E-state index is 12.7. The molecule has 1 N–H and O–H groups in total. The maximum absolute atomic E-state index is 12.7. The first-order valence-electron chi connectivity index (χ1n) is 6.36. The Morgan fingerprint density at radius 2 is 2.05 bits per heavy atom. The lowest BCUT2D eigenvalue weighted by atomic mass is 10.3. The number of hydrogen-bond acceptors (Lipinski definition) is 4. The Labute approximate surface area is 132 Å². The molecule has 0 heterocycles. The summed E-state index contributed by atoms with van der Waals surface area (Å²) in [5, 5.41) is 8.92. The molecule has 0 fully saturated rings. The number of benzene rings is 1. The Morgan fingerprint density at radius 3 is 2.52 bits per heavy atom. The Bertz CT molecular complexity index is 615. The number of carbonyl (C=O) groups is 1. The molecule has 0 aliphatic heterocycles. The normalized spacial score (nSPS) is 11.9. The van der Waals surface area contributed by atoms with Crippen molar-refractivity contribution >= 4 is 31.9 Å². The molecule has 0 saturated heterocycles. The third kappa shape index (κ3) is 4.42. The largest absolute Gasteiger partial charge is 0.492 e. The van der Waals surface area contributed by atoms with Crippen molar-refractivity contribution in [3.05, 3.63) is 22.7 Å². The van der Waals surface area contributed by atoms with Crippen LogP contribution in [0.5, 0.6) is 5.75 Å². The van der Waals surface area contributed by atoms with Crippen LogP contribution in [0.1, 0.15) is 20.8 Å². The predicted octanol–water partition coefficient (Wildman–Crippen LogP) is 2.33. The first-order valence-corrected chi connectivity index (χ1v) is 8.59. The van der Waals surface area contributed by atoms with Gasteiger partial charge in [0.05, 0.1) is 6.61 Å². The van der Waals surface area contributed by atoms with Crippen LogP contribution in [-0.2, 0) is 14.8 Å². The second-order valence-electron chi connectivity index (χ2n) is 4.56. The molecular weight excluding hydrogens is 362 g/mol. The van der Waals surface area contributed by atoms with E-state index in [1.807, 2.05) is 0 Å². The monoisotopic (exact) mass is 379 g/mol. The SMILES string of the molecule is CCOc1ccc(Br)cc1S(=O)(=O)N(CC(=O)O)C(C)C. The number of hydrogen-bond donors (Lipinski definition) is 1. The molecule has 0 spiro atoms. The van der Waals surface area contributed by atoms with Crippen molar-refractivity contribution < 1.29 is 23.1 Å². The highest BCUT2D eigenvalue weighted by Gasteiger charge is 2.31. The van der Waals surface area contributed by atoms with Crippen LogP contribution >= 0.6 is 15.9 Å². The number of rotatable bonds is 7. The zero-order valence-electron chi connectivity index (χ0n) is 12.0. The molecule has 118 valence electrons. The van der Waals surface area contributed by atoms with Gasteiger partial charge in [-0.05, 0) is 39.0 Å². The molecule has 0 aliphatic rings. The zero-order valence-corrected chi connectivity index (χ0v) is 14.4. The second-order valence-corrected chi connectivity index (χ2v) is 7.34. The molecule has 0 bridgehead atoms. The van der Waals surface area contributed by atoms with Crippen LogP contribution in [0.25, 0.3) is 0 Å². The molecule has 0 radical (unpaired) electrons. The minimum atomic E-state index is -3.97. The summed E-state index contributed by atoms with van der Waals surface area (Å²) < 4.78 is 32.3.